The molecule has 2 aromatic rings. The zero-order valence-electron chi connectivity index (χ0n) is 12.1. The first kappa shape index (κ1) is 17.5. The van der Waals surface area contributed by atoms with Crippen molar-refractivity contribution < 1.29 is 13.2 Å². The summed E-state index contributed by atoms with van der Waals surface area (Å²) >= 11 is 1.99. The highest BCUT2D eigenvalue weighted by Crippen LogP contribution is 2.19. The van der Waals surface area contributed by atoms with Crippen molar-refractivity contribution in [3.05, 3.63) is 55.5 Å². The summed E-state index contributed by atoms with van der Waals surface area (Å²) in [7, 11) is -3.96. The van der Waals surface area contributed by atoms with Gasteiger partial charge in [-0.25, -0.2) is 8.42 Å². The maximum atomic E-state index is 12.4. The van der Waals surface area contributed by atoms with Gasteiger partial charge >= 0.3 is 0 Å². The first-order valence-corrected chi connectivity index (χ1v) is 9.05. The van der Waals surface area contributed by atoms with Gasteiger partial charge < -0.3 is 10.7 Å². The van der Waals surface area contributed by atoms with E-state index in [0.717, 1.165) is 3.57 Å². The molecule has 0 atom stereocenters. The second-order valence-corrected chi connectivity index (χ2v) is 7.82. The van der Waals surface area contributed by atoms with Gasteiger partial charge in [0.2, 0.25) is 5.91 Å². The number of nitrogens with two attached hydrogens (primary N) is 1. The van der Waals surface area contributed by atoms with Gasteiger partial charge in [-0.3, -0.25) is 14.3 Å². The number of aromatic amines is 1. The van der Waals surface area contributed by atoms with E-state index >= 15 is 0 Å². The van der Waals surface area contributed by atoms with Crippen molar-refractivity contribution in [1.29, 1.82) is 0 Å². The molecule has 2 rings (SSSR count). The van der Waals surface area contributed by atoms with Crippen LogP contribution in [-0.2, 0) is 21.2 Å². The number of pyridine rings is 1. The van der Waals surface area contributed by atoms with Crippen LogP contribution in [-0.4, -0.2) is 19.3 Å². The second-order valence-electron chi connectivity index (χ2n) is 4.89. The third-order valence-electron chi connectivity index (χ3n) is 2.96. The summed E-state index contributed by atoms with van der Waals surface area (Å²) in [4.78, 5) is 25.8. The smallest absolute Gasteiger partial charge is 0.272 e. The van der Waals surface area contributed by atoms with Crippen molar-refractivity contribution in [2.24, 2.45) is 5.73 Å². The number of hydrogen-bond acceptors (Lipinski definition) is 4. The summed E-state index contributed by atoms with van der Waals surface area (Å²) < 4.78 is 27.9. The van der Waals surface area contributed by atoms with Crippen LogP contribution in [0.5, 0.6) is 0 Å². The molecule has 0 spiro atoms. The van der Waals surface area contributed by atoms with Gasteiger partial charge in [0, 0.05) is 9.26 Å². The number of aromatic nitrogens is 1. The molecule has 0 saturated heterocycles. The molecule has 1 amide bonds. The topological polar surface area (TPSA) is 122 Å². The van der Waals surface area contributed by atoms with Gasteiger partial charge in [0.25, 0.3) is 15.6 Å². The average molecular weight is 447 g/mol. The number of carbonyl (C=O) groups is 1. The summed E-state index contributed by atoms with van der Waals surface area (Å²) in [5, 5.41) is 0. The number of aryl methyl sites for hydroxylation is 1. The van der Waals surface area contributed by atoms with Crippen molar-refractivity contribution in [2.45, 2.75) is 18.2 Å². The molecule has 7 nitrogen and oxygen atoms in total. The molecule has 23 heavy (non-hydrogen) atoms. The Balaban J connectivity index is 2.51. The molecule has 0 radical (unpaired) electrons. The van der Waals surface area contributed by atoms with Crippen LogP contribution in [0.15, 0.2) is 40.0 Å². The van der Waals surface area contributed by atoms with Crippen molar-refractivity contribution in [2.75, 3.05) is 4.72 Å². The van der Waals surface area contributed by atoms with Crippen LogP contribution >= 0.6 is 22.6 Å². The van der Waals surface area contributed by atoms with Crippen LogP contribution in [0.4, 0.5) is 5.69 Å². The van der Waals surface area contributed by atoms with E-state index in [1.54, 1.807) is 19.1 Å². The normalized spacial score (nSPS) is 11.2. The van der Waals surface area contributed by atoms with Gasteiger partial charge in [0.15, 0.2) is 0 Å². The number of rotatable bonds is 5. The quantitative estimate of drug-likeness (QED) is 0.595. The van der Waals surface area contributed by atoms with Crippen LogP contribution in [0.2, 0.25) is 0 Å². The summed E-state index contributed by atoms with van der Waals surface area (Å²) in [5.74, 6) is -0.662. The summed E-state index contributed by atoms with van der Waals surface area (Å²) in [6.07, 6.45) is -0.241. The lowest BCUT2D eigenvalue weighted by molar-refractivity contribution is -0.117. The molecule has 0 aliphatic heterocycles. The maximum absolute atomic E-state index is 12.4. The van der Waals surface area contributed by atoms with E-state index in [9.17, 15) is 18.0 Å². The lowest BCUT2D eigenvalue weighted by Crippen LogP contribution is -2.25. The van der Waals surface area contributed by atoms with Crippen LogP contribution in [0.3, 0.4) is 0 Å². The third-order valence-corrected chi connectivity index (χ3v) is 4.98. The molecule has 122 valence electrons. The van der Waals surface area contributed by atoms with Gasteiger partial charge in [-0.2, -0.15) is 0 Å². The van der Waals surface area contributed by atoms with E-state index in [4.69, 9.17) is 5.73 Å². The van der Waals surface area contributed by atoms with E-state index in [1.165, 1.54) is 18.2 Å². The van der Waals surface area contributed by atoms with Gasteiger partial charge in [0.1, 0.15) is 5.69 Å². The van der Waals surface area contributed by atoms with E-state index in [1.807, 2.05) is 22.6 Å². The lowest BCUT2D eigenvalue weighted by Gasteiger charge is -2.12. The Morgan fingerprint density at radius 3 is 2.65 bits per heavy atom. The number of halogens is 1. The van der Waals surface area contributed by atoms with Crippen LogP contribution in [0.1, 0.15) is 11.3 Å². The van der Waals surface area contributed by atoms with Crippen LogP contribution in [0.25, 0.3) is 0 Å². The number of hydrogen-bond donors (Lipinski definition) is 3. The molecular weight excluding hydrogens is 433 g/mol. The summed E-state index contributed by atoms with van der Waals surface area (Å²) in [6.45, 7) is 1.63. The van der Waals surface area contributed by atoms with Gasteiger partial charge in [0.05, 0.1) is 11.3 Å². The van der Waals surface area contributed by atoms with Gasteiger partial charge in [-0.05, 0) is 59.3 Å². The number of primary amides is 1. The zero-order valence-corrected chi connectivity index (χ0v) is 15.1. The molecule has 0 aliphatic rings. The van der Waals surface area contributed by atoms with E-state index in [-0.39, 0.29) is 22.6 Å². The molecular formula is C14H14IN3O4S. The van der Waals surface area contributed by atoms with Gasteiger partial charge in [-0.1, -0.05) is 6.07 Å². The van der Waals surface area contributed by atoms with E-state index < -0.39 is 21.5 Å². The first-order chi connectivity index (χ1) is 10.7. The SMILES string of the molecule is Cc1cc(CC(N)=O)c(NS(=O)(=O)c2cccc(I)c2)c(=O)[nH]1. The molecule has 1 aromatic carbocycles. The summed E-state index contributed by atoms with van der Waals surface area (Å²) in [5.41, 5.74) is 5.06. The van der Waals surface area contributed by atoms with E-state index in [0.29, 0.717) is 5.69 Å². The molecule has 1 heterocycles. The first-order valence-electron chi connectivity index (χ1n) is 6.48. The second kappa shape index (κ2) is 6.71. The molecule has 4 N–H and O–H groups in total. The molecule has 0 unspecified atom stereocenters. The highest BCUT2D eigenvalue weighted by atomic mass is 127. The fourth-order valence-electron chi connectivity index (χ4n) is 2.02. The minimum atomic E-state index is -3.96. The fourth-order valence-corrected chi connectivity index (χ4v) is 3.93. The monoisotopic (exact) mass is 447 g/mol. The molecule has 1 aromatic heterocycles. The number of nitrogens with one attached hydrogen (secondary N) is 2. The summed E-state index contributed by atoms with van der Waals surface area (Å²) in [6, 6.07) is 7.75. The Morgan fingerprint density at radius 2 is 2.04 bits per heavy atom. The highest BCUT2D eigenvalue weighted by Gasteiger charge is 2.19. The maximum Gasteiger partial charge on any atom is 0.272 e. The predicted molar refractivity (Wildman–Crippen MR) is 94.7 cm³/mol. The molecule has 0 aliphatic carbocycles. The van der Waals surface area contributed by atoms with Crippen molar-refractivity contribution in [3.8, 4) is 0 Å². The number of carbonyl (C=O) groups excluding carboxylic acids is 1. The standard InChI is InChI=1S/C14H14IN3O4S/c1-8-5-9(6-12(16)19)13(14(20)17-8)18-23(21,22)11-4-2-3-10(15)7-11/h2-5,7,18H,6H2,1H3,(H2,16,19)(H,17,20). The average Bonchev–Trinajstić information content (AvgIpc) is 2.42. The van der Waals surface area contributed by atoms with E-state index in [2.05, 4.69) is 9.71 Å². The van der Waals surface area contributed by atoms with Gasteiger partial charge in [-0.15, -0.1) is 0 Å². The Hall–Kier alpha value is -1.88. The minimum Gasteiger partial charge on any atom is -0.369 e. The van der Waals surface area contributed by atoms with Crippen molar-refractivity contribution >= 4 is 44.2 Å². The number of amides is 1. The Labute approximate surface area is 146 Å². The largest absolute Gasteiger partial charge is 0.369 e. The fraction of sp³-hybridized carbons (Fsp3) is 0.143. The van der Waals surface area contributed by atoms with Crippen molar-refractivity contribution in [1.82, 2.24) is 4.98 Å². The Kier molecular flexibility index (Phi) is 5.09. The highest BCUT2D eigenvalue weighted by molar-refractivity contribution is 14.1. The number of sulfonamides is 1. The Bertz CT molecular complexity index is 922. The van der Waals surface area contributed by atoms with Crippen molar-refractivity contribution in [3.63, 3.8) is 0 Å². The molecule has 9 heteroatoms. The predicted octanol–water partition coefficient (Wildman–Crippen LogP) is 1.12. The molecule has 0 bridgehead atoms. The minimum absolute atomic E-state index is 0.0226. The van der Waals surface area contributed by atoms with Crippen LogP contribution in [0, 0.1) is 10.5 Å². The number of benzene rings is 1. The number of H-pyrrole nitrogens is 1. The molecule has 0 fully saturated rings. The third kappa shape index (κ3) is 4.32. The molecule has 0 saturated carbocycles. The lowest BCUT2D eigenvalue weighted by atomic mass is 10.1. The zero-order chi connectivity index (χ0) is 17.2. The van der Waals surface area contributed by atoms with Crippen LogP contribution < -0.4 is 16.0 Å². The number of anilines is 1. The Morgan fingerprint density at radius 1 is 1.35 bits per heavy atom.